The minimum Gasteiger partial charge on any atom is -0.481 e. The molecule has 0 aromatic carbocycles. The lowest BCUT2D eigenvalue weighted by Crippen LogP contribution is -2.25. The number of hydrogen-bond donors (Lipinski definition) is 2. The minimum absolute atomic E-state index is 0. The van der Waals surface area contributed by atoms with Gasteiger partial charge in [0.15, 0.2) is 0 Å². The standard InChI is InChI=1S/C9H19NO2.ClH/c1-3-4-7(2)5-8(6-10)9(11)12;/h7-8H,3-6,10H2,1-2H3,(H,11,12);1H/t7-,8-;/m1./s1. The van der Waals surface area contributed by atoms with E-state index in [1.54, 1.807) is 0 Å². The summed E-state index contributed by atoms with van der Waals surface area (Å²) in [6.07, 6.45) is 2.90. The van der Waals surface area contributed by atoms with Gasteiger partial charge < -0.3 is 10.8 Å². The Bertz CT molecular complexity index is 142. The molecule has 0 aliphatic carbocycles. The molecule has 0 saturated heterocycles. The van der Waals surface area contributed by atoms with Crippen LogP contribution in [0.3, 0.4) is 0 Å². The quantitative estimate of drug-likeness (QED) is 0.703. The average molecular weight is 210 g/mol. The first kappa shape index (κ1) is 15.2. The maximum Gasteiger partial charge on any atom is 0.307 e. The molecule has 0 aliphatic heterocycles. The van der Waals surface area contributed by atoms with Gasteiger partial charge in [0.1, 0.15) is 0 Å². The maximum absolute atomic E-state index is 10.6. The summed E-state index contributed by atoms with van der Waals surface area (Å²) in [5.74, 6) is -0.647. The second-order valence-electron chi connectivity index (χ2n) is 3.40. The molecule has 3 N–H and O–H groups in total. The number of aliphatic carboxylic acids is 1. The Labute approximate surface area is 86.1 Å². The fraction of sp³-hybridized carbons (Fsp3) is 0.889. The molecule has 4 heteroatoms. The van der Waals surface area contributed by atoms with E-state index in [1.165, 1.54) is 0 Å². The zero-order valence-corrected chi connectivity index (χ0v) is 9.14. The number of halogens is 1. The number of carboxylic acid groups (broad SMARTS) is 1. The number of hydrogen-bond acceptors (Lipinski definition) is 2. The third kappa shape index (κ3) is 6.84. The van der Waals surface area contributed by atoms with Crippen molar-refractivity contribution in [3.63, 3.8) is 0 Å². The van der Waals surface area contributed by atoms with Gasteiger partial charge in [-0.15, -0.1) is 12.4 Å². The third-order valence-electron chi connectivity index (χ3n) is 2.10. The van der Waals surface area contributed by atoms with Crippen LogP contribution in [0.1, 0.15) is 33.1 Å². The zero-order valence-electron chi connectivity index (χ0n) is 8.32. The average Bonchev–Trinajstić information content (AvgIpc) is 2.00. The van der Waals surface area contributed by atoms with Gasteiger partial charge in [-0.25, -0.2) is 0 Å². The van der Waals surface area contributed by atoms with Gasteiger partial charge in [-0.1, -0.05) is 26.7 Å². The molecule has 0 amide bonds. The van der Waals surface area contributed by atoms with E-state index in [-0.39, 0.29) is 24.9 Å². The molecule has 13 heavy (non-hydrogen) atoms. The second kappa shape index (κ2) is 8.32. The van der Waals surface area contributed by atoms with E-state index in [2.05, 4.69) is 13.8 Å². The first-order valence-corrected chi connectivity index (χ1v) is 4.54. The van der Waals surface area contributed by atoms with Gasteiger partial charge in [-0.3, -0.25) is 4.79 Å². The molecule has 0 radical (unpaired) electrons. The summed E-state index contributed by atoms with van der Waals surface area (Å²) in [6, 6.07) is 0. The van der Waals surface area contributed by atoms with Crippen molar-refractivity contribution in [3.05, 3.63) is 0 Å². The van der Waals surface area contributed by atoms with Crippen molar-refractivity contribution < 1.29 is 9.90 Å². The van der Waals surface area contributed by atoms with Crippen molar-refractivity contribution in [2.24, 2.45) is 17.6 Å². The van der Waals surface area contributed by atoms with Crippen LogP contribution in [-0.2, 0) is 4.79 Å². The van der Waals surface area contributed by atoms with Crippen molar-refractivity contribution in [1.82, 2.24) is 0 Å². The van der Waals surface area contributed by atoms with Crippen LogP contribution >= 0.6 is 12.4 Å². The first-order chi connectivity index (χ1) is 5.61. The van der Waals surface area contributed by atoms with Crippen LogP contribution in [0.15, 0.2) is 0 Å². The van der Waals surface area contributed by atoms with Crippen molar-refractivity contribution in [2.45, 2.75) is 33.1 Å². The van der Waals surface area contributed by atoms with Crippen molar-refractivity contribution in [2.75, 3.05) is 6.54 Å². The Morgan fingerprint density at radius 1 is 1.54 bits per heavy atom. The summed E-state index contributed by atoms with van der Waals surface area (Å²) in [6.45, 7) is 4.44. The lowest BCUT2D eigenvalue weighted by atomic mass is 9.93. The zero-order chi connectivity index (χ0) is 9.56. The SMILES string of the molecule is CCC[C@@H](C)C[C@H](CN)C(=O)O.Cl. The fourth-order valence-electron chi connectivity index (χ4n) is 1.39. The van der Waals surface area contributed by atoms with E-state index in [0.717, 1.165) is 12.8 Å². The highest BCUT2D eigenvalue weighted by atomic mass is 35.5. The smallest absolute Gasteiger partial charge is 0.307 e. The molecule has 0 spiro atoms. The predicted octanol–water partition coefficient (Wildman–Crippen LogP) is 1.89. The van der Waals surface area contributed by atoms with Crippen LogP contribution in [0.25, 0.3) is 0 Å². The summed E-state index contributed by atoms with van der Waals surface area (Å²) in [4.78, 5) is 10.6. The molecule has 0 aromatic rings. The van der Waals surface area contributed by atoms with E-state index in [4.69, 9.17) is 10.8 Å². The lowest BCUT2D eigenvalue weighted by Gasteiger charge is -2.14. The van der Waals surface area contributed by atoms with Gasteiger partial charge in [0.25, 0.3) is 0 Å². The van der Waals surface area contributed by atoms with Crippen LogP contribution in [0, 0.1) is 11.8 Å². The predicted molar refractivity (Wildman–Crippen MR) is 56.1 cm³/mol. The van der Waals surface area contributed by atoms with Gasteiger partial charge >= 0.3 is 5.97 Å². The molecular weight excluding hydrogens is 190 g/mol. The first-order valence-electron chi connectivity index (χ1n) is 4.54. The summed E-state index contributed by atoms with van der Waals surface area (Å²) in [7, 11) is 0. The lowest BCUT2D eigenvalue weighted by molar-refractivity contribution is -0.141. The monoisotopic (exact) mass is 209 g/mol. The topological polar surface area (TPSA) is 63.3 Å². The van der Waals surface area contributed by atoms with E-state index in [1.807, 2.05) is 0 Å². The summed E-state index contributed by atoms with van der Waals surface area (Å²) in [5, 5.41) is 8.71. The normalized spacial score (nSPS) is 14.4. The highest BCUT2D eigenvalue weighted by molar-refractivity contribution is 5.85. The Morgan fingerprint density at radius 3 is 2.38 bits per heavy atom. The Balaban J connectivity index is 0. The minimum atomic E-state index is -0.763. The fourth-order valence-corrected chi connectivity index (χ4v) is 1.39. The highest BCUT2D eigenvalue weighted by Crippen LogP contribution is 2.16. The van der Waals surface area contributed by atoms with Crippen LogP contribution < -0.4 is 5.73 Å². The Morgan fingerprint density at radius 2 is 2.08 bits per heavy atom. The van der Waals surface area contributed by atoms with Gasteiger partial charge in [0, 0.05) is 6.54 Å². The molecule has 0 saturated carbocycles. The Kier molecular flexibility index (Phi) is 9.74. The van der Waals surface area contributed by atoms with Gasteiger partial charge in [0.05, 0.1) is 5.92 Å². The molecule has 80 valence electrons. The number of carboxylic acids is 1. The highest BCUT2D eigenvalue weighted by Gasteiger charge is 2.17. The van der Waals surface area contributed by atoms with E-state index < -0.39 is 5.97 Å². The van der Waals surface area contributed by atoms with Crippen molar-refractivity contribution in [3.8, 4) is 0 Å². The molecular formula is C9H20ClNO2. The van der Waals surface area contributed by atoms with E-state index in [9.17, 15) is 4.79 Å². The number of rotatable bonds is 6. The van der Waals surface area contributed by atoms with Crippen molar-refractivity contribution >= 4 is 18.4 Å². The van der Waals surface area contributed by atoms with Crippen LogP contribution in [0.2, 0.25) is 0 Å². The van der Waals surface area contributed by atoms with Gasteiger partial charge in [-0.2, -0.15) is 0 Å². The van der Waals surface area contributed by atoms with E-state index >= 15 is 0 Å². The molecule has 0 aliphatic rings. The number of carbonyl (C=O) groups is 1. The summed E-state index contributed by atoms with van der Waals surface area (Å²) < 4.78 is 0. The van der Waals surface area contributed by atoms with Crippen LogP contribution in [-0.4, -0.2) is 17.6 Å². The molecule has 0 bridgehead atoms. The molecule has 0 fully saturated rings. The van der Waals surface area contributed by atoms with Crippen molar-refractivity contribution in [1.29, 1.82) is 0 Å². The third-order valence-corrected chi connectivity index (χ3v) is 2.10. The summed E-state index contributed by atoms with van der Waals surface area (Å²) >= 11 is 0. The Hall–Kier alpha value is -0.280. The second-order valence-corrected chi connectivity index (χ2v) is 3.40. The van der Waals surface area contributed by atoms with Crippen LogP contribution in [0.4, 0.5) is 0 Å². The van der Waals surface area contributed by atoms with Crippen LogP contribution in [0.5, 0.6) is 0 Å². The number of nitrogens with two attached hydrogens (primary N) is 1. The summed E-state index contributed by atoms with van der Waals surface area (Å²) in [5.41, 5.74) is 5.34. The molecule has 0 unspecified atom stereocenters. The molecule has 0 aromatic heterocycles. The molecule has 2 atom stereocenters. The largest absolute Gasteiger partial charge is 0.481 e. The molecule has 0 heterocycles. The van der Waals surface area contributed by atoms with E-state index in [0.29, 0.717) is 12.3 Å². The maximum atomic E-state index is 10.6. The molecule has 0 rings (SSSR count). The van der Waals surface area contributed by atoms with Gasteiger partial charge in [0.2, 0.25) is 0 Å². The molecule has 3 nitrogen and oxygen atoms in total. The van der Waals surface area contributed by atoms with Gasteiger partial charge in [-0.05, 0) is 12.3 Å².